The van der Waals surface area contributed by atoms with E-state index in [1.54, 1.807) is 0 Å². The fourth-order valence-corrected chi connectivity index (χ4v) is 7.41. The highest BCUT2D eigenvalue weighted by Crippen LogP contribution is 2.12. The molecule has 0 saturated carbocycles. The maximum Gasteiger partial charge on any atom is 0.306 e. The second-order valence-corrected chi connectivity index (χ2v) is 18.5. The normalized spacial score (nSPS) is 12.9. The Hall–Kier alpha value is -3.93. The summed E-state index contributed by atoms with van der Waals surface area (Å²) in [6.45, 7) is 6.49. The summed E-state index contributed by atoms with van der Waals surface area (Å²) in [6.07, 6.45) is 76.5. The maximum atomic E-state index is 12.8. The Morgan fingerprint density at radius 3 is 0.913 bits per heavy atom. The zero-order valence-corrected chi connectivity index (χ0v) is 44.8. The van der Waals surface area contributed by atoms with E-state index in [0.29, 0.717) is 19.3 Å². The number of hydrogen-bond acceptors (Lipinski definition) is 6. The molecule has 0 fully saturated rings. The van der Waals surface area contributed by atoms with Crippen LogP contribution in [0.1, 0.15) is 252 Å². The second kappa shape index (κ2) is 56.7. The third-order valence-corrected chi connectivity index (χ3v) is 11.7. The van der Waals surface area contributed by atoms with E-state index in [2.05, 4.69) is 130 Å². The molecular weight excluding hydrogens is 853 g/mol. The Morgan fingerprint density at radius 1 is 0.290 bits per heavy atom. The first kappa shape index (κ1) is 65.1. The van der Waals surface area contributed by atoms with Crippen molar-refractivity contribution < 1.29 is 28.6 Å². The summed E-state index contributed by atoms with van der Waals surface area (Å²) in [7, 11) is 0. The largest absolute Gasteiger partial charge is 0.462 e. The fraction of sp³-hybridized carbons (Fsp3) is 0.667. The monoisotopic (exact) mass is 957 g/mol. The first-order chi connectivity index (χ1) is 34.0. The Bertz CT molecular complexity index is 1420. The Kier molecular flexibility index (Phi) is 53.4. The minimum absolute atomic E-state index is 0.118. The molecule has 0 aromatic carbocycles. The third-order valence-electron chi connectivity index (χ3n) is 11.7. The van der Waals surface area contributed by atoms with Gasteiger partial charge in [-0.2, -0.15) is 0 Å². The van der Waals surface area contributed by atoms with Gasteiger partial charge in [0.15, 0.2) is 6.10 Å². The van der Waals surface area contributed by atoms with Crippen molar-refractivity contribution in [2.24, 2.45) is 0 Å². The van der Waals surface area contributed by atoms with Crippen LogP contribution in [0, 0.1) is 0 Å². The predicted molar refractivity (Wildman–Crippen MR) is 297 cm³/mol. The number of unbranched alkanes of at least 4 members (excludes halogenated alkanes) is 21. The van der Waals surface area contributed by atoms with Crippen LogP contribution in [0.5, 0.6) is 0 Å². The van der Waals surface area contributed by atoms with Gasteiger partial charge in [0.1, 0.15) is 13.2 Å². The van der Waals surface area contributed by atoms with Gasteiger partial charge < -0.3 is 14.2 Å². The van der Waals surface area contributed by atoms with Crippen LogP contribution in [0.2, 0.25) is 0 Å². The van der Waals surface area contributed by atoms with Gasteiger partial charge in [0.05, 0.1) is 0 Å². The van der Waals surface area contributed by atoms with Crippen LogP contribution >= 0.6 is 0 Å². The SMILES string of the molecule is CCCCC/C=C\C/C=C\C/C=C\C/C=C\CCCCCC(=O)OC[C@H](COC(=O)CCC/C=C\C/C=C\C/C=C\CCCCCCCC)OC(=O)CCCCCCC/C=C\C/C=C\CCCCC. The number of allylic oxidation sites excluding steroid dienone is 18. The molecule has 1 atom stereocenters. The van der Waals surface area contributed by atoms with Crippen LogP contribution in [-0.2, 0) is 28.6 Å². The van der Waals surface area contributed by atoms with Crippen molar-refractivity contribution in [2.45, 2.75) is 258 Å². The van der Waals surface area contributed by atoms with E-state index >= 15 is 0 Å². The number of carbonyl (C=O) groups excluding carboxylic acids is 3. The molecule has 0 aromatic heterocycles. The van der Waals surface area contributed by atoms with Crippen molar-refractivity contribution >= 4 is 17.9 Å². The van der Waals surface area contributed by atoms with Crippen LogP contribution in [0.15, 0.2) is 109 Å². The van der Waals surface area contributed by atoms with Crippen molar-refractivity contribution in [3.8, 4) is 0 Å². The number of hydrogen-bond donors (Lipinski definition) is 0. The van der Waals surface area contributed by atoms with Crippen LogP contribution in [0.4, 0.5) is 0 Å². The highest BCUT2D eigenvalue weighted by atomic mass is 16.6. The van der Waals surface area contributed by atoms with E-state index in [4.69, 9.17) is 14.2 Å². The summed E-state index contributed by atoms with van der Waals surface area (Å²) in [5, 5.41) is 0. The number of rotatable bonds is 50. The van der Waals surface area contributed by atoms with Crippen molar-refractivity contribution in [2.75, 3.05) is 13.2 Å². The summed E-state index contributed by atoms with van der Waals surface area (Å²) < 4.78 is 16.8. The zero-order valence-electron chi connectivity index (χ0n) is 44.8. The van der Waals surface area contributed by atoms with Gasteiger partial charge in [0.2, 0.25) is 0 Å². The first-order valence-corrected chi connectivity index (χ1v) is 28.4. The van der Waals surface area contributed by atoms with E-state index in [0.717, 1.165) is 109 Å². The fourth-order valence-electron chi connectivity index (χ4n) is 7.41. The molecule has 0 heterocycles. The van der Waals surface area contributed by atoms with Crippen LogP contribution in [0.3, 0.4) is 0 Å². The Balaban J connectivity index is 4.55. The van der Waals surface area contributed by atoms with E-state index in [1.165, 1.54) is 96.3 Å². The molecule has 6 nitrogen and oxygen atoms in total. The number of ether oxygens (including phenoxy) is 3. The molecule has 0 bridgehead atoms. The molecule has 0 radical (unpaired) electrons. The van der Waals surface area contributed by atoms with Crippen molar-refractivity contribution in [3.63, 3.8) is 0 Å². The lowest BCUT2D eigenvalue weighted by Gasteiger charge is -2.18. The summed E-state index contributed by atoms with van der Waals surface area (Å²) in [5.41, 5.74) is 0. The van der Waals surface area contributed by atoms with Crippen LogP contribution in [-0.4, -0.2) is 37.2 Å². The van der Waals surface area contributed by atoms with E-state index in [9.17, 15) is 14.4 Å². The van der Waals surface area contributed by atoms with Crippen molar-refractivity contribution in [1.29, 1.82) is 0 Å². The first-order valence-electron chi connectivity index (χ1n) is 28.4. The molecule has 0 aromatic rings. The minimum atomic E-state index is -0.821. The zero-order chi connectivity index (χ0) is 50.0. The summed E-state index contributed by atoms with van der Waals surface area (Å²) in [6, 6.07) is 0. The van der Waals surface area contributed by atoms with Gasteiger partial charge in [-0.25, -0.2) is 0 Å². The molecule has 0 aliphatic heterocycles. The molecule has 392 valence electrons. The highest BCUT2D eigenvalue weighted by molar-refractivity contribution is 5.71. The predicted octanol–water partition coefficient (Wildman–Crippen LogP) is 19.1. The molecule has 0 aliphatic rings. The minimum Gasteiger partial charge on any atom is -0.462 e. The molecule has 0 rings (SSSR count). The molecule has 0 amide bonds. The Labute approximate surface area is 425 Å². The maximum absolute atomic E-state index is 12.8. The van der Waals surface area contributed by atoms with Crippen molar-refractivity contribution in [3.05, 3.63) is 109 Å². The average Bonchev–Trinajstić information content (AvgIpc) is 3.35. The molecule has 0 unspecified atom stereocenters. The second-order valence-electron chi connectivity index (χ2n) is 18.5. The van der Waals surface area contributed by atoms with Crippen LogP contribution < -0.4 is 0 Å². The highest BCUT2D eigenvalue weighted by Gasteiger charge is 2.19. The van der Waals surface area contributed by atoms with Gasteiger partial charge in [-0.15, -0.1) is 0 Å². The smallest absolute Gasteiger partial charge is 0.306 e. The molecule has 6 heteroatoms. The molecular formula is C63H104O6. The van der Waals surface area contributed by atoms with Gasteiger partial charge in [0, 0.05) is 19.3 Å². The van der Waals surface area contributed by atoms with Gasteiger partial charge >= 0.3 is 17.9 Å². The van der Waals surface area contributed by atoms with Crippen LogP contribution in [0.25, 0.3) is 0 Å². The van der Waals surface area contributed by atoms with Gasteiger partial charge in [0.25, 0.3) is 0 Å². The standard InChI is InChI=1S/C63H104O6/c1-4-7-10-13-16-19-22-25-28-30-31-33-36-38-41-44-47-50-53-56-62(65)68-59-60(69-63(66)57-54-51-48-45-42-39-34-27-24-21-18-15-12-9-6-3)58-67-61(64)55-52-49-46-43-40-37-35-32-29-26-23-20-17-14-11-8-5-2/h16,18-19,21,25-29,31,33-35,37-38,41,43,46,60H,4-15,17,20,22-24,30,32,36,39-40,42,44-45,47-59H2,1-3H3/b19-16-,21-18-,28-25-,29-26-,33-31-,34-27-,37-35-,41-38-,46-43-/t60-/m0/s1. The van der Waals surface area contributed by atoms with E-state index in [1.807, 2.05) is 0 Å². The quantitative estimate of drug-likeness (QED) is 0.0262. The topological polar surface area (TPSA) is 78.9 Å². The summed E-state index contributed by atoms with van der Waals surface area (Å²) in [4.78, 5) is 38.1. The van der Waals surface area contributed by atoms with Gasteiger partial charge in [-0.1, -0.05) is 214 Å². The molecule has 0 spiro atoms. The lowest BCUT2D eigenvalue weighted by atomic mass is 10.1. The van der Waals surface area contributed by atoms with Crippen molar-refractivity contribution in [1.82, 2.24) is 0 Å². The Morgan fingerprint density at radius 2 is 0.536 bits per heavy atom. The van der Waals surface area contributed by atoms with Gasteiger partial charge in [-0.05, 0) is 128 Å². The molecule has 69 heavy (non-hydrogen) atoms. The lowest BCUT2D eigenvalue weighted by molar-refractivity contribution is -0.167. The lowest BCUT2D eigenvalue weighted by Crippen LogP contribution is -2.30. The van der Waals surface area contributed by atoms with E-state index < -0.39 is 6.10 Å². The summed E-state index contributed by atoms with van der Waals surface area (Å²) in [5.74, 6) is -1.01. The number of carbonyl (C=O) groups is 3. The number of esters is 3. The van der Waals surface area contributed by atoms with E-state index in [-0.39, 0.29) is 37.5 Å². The molecule has 0 N–H and O–H groups in total. The van der Waals surface area contributed by atoms with Gasteiger partial charge in [-0.3, -0.25) is 14.4 Å². The molecule has 0 aliphatic carbocycles. The summed E-state index contributed by atoms with van der Waals surface area (Å²) >= 11 is 0. The molecule has 0 saturated heterocycles. The average molecular weight is 958 g/mol. The third kappa shape index (κ3) is 54.9.